The first-order valence-electron chi connectivity index (χ1n) is 5.78. The van der Waals surface area contributed by atoms with Crippen LogP contribution in [0.15, 0.2) is 42.5 Å². The van der Waals surface area contributed by atoms with Crippen molar-refractivity contribution in [3.63, 3.8) is 0 Å². The summed E-state index contributed by atoms with van der Waals surface area (Å²) in [5.41, 5.74) is 0.714. The van der Waals surface area contributed by atoms with Gasteiger partial charge in [0.15, 0.2) is 5.11 Å². The Labute approximate surface area is 154 Å². The van der Waals surface area contributed by atoms with E-state index in [4.69, 9.17) is 12.2 Å². The molecule has 0 fully saturated rings. The van der Waals surface area contributed by atoms with Gasteiger partial charge >= 0.3 is 0 Å². The van der Waals surface area contributed by atoms with Crippen LogP contribution < -0.4 is 10.6 Å². The van der Waals surface area contributed by atoms with Crippen molar-refractivity contribution in [3.8, 4) is 0 Å². The fraction of sp³-hybridized carbons (Fsp3) is 0. The minimum atomic E-state index is -0.423. The van der Waals surface area contributed by atoms with Gasteiger partial charge in [0.1, 0.15) is 5.82 Å². The van der Waals surface area contributed by atoms with Gasteiger partial charge in [-0.15, -0.1) is 0 Å². The topological polar surface area (TPSA) is 41.1 Å². The molecule has 108 valence electrons. The average molecular weight is 526 g/mol. The number of nitrogens with one attached hydrogen (secondary N) is 2. The highest BCUT2D eigenvalue weighted by atomic mass is 127. The third kappa shape index (κ3) is 4.85. The number of rotatable bonds is 2. The van der Waals surface area contributed by atoms with Gasteiger partial charge in [-0.2, -0.15) is 0 Å². The summed E-state index contributed by atoms with van der Waals surface area (Å²) in [6.45, 7) is 0. The second-order valence-electron chi connectivity index (χ2n) is 4.04. The largest absolute Gasteiger partial charge is 0.330 e. The Morgan fingerprint density at radius 3 is 2.29 bits per heavy atom. The Kier molecular flexibility index (Phi) is 5.88. The van der Waals surface area contributed by atoms with Gasteiger partial charge in [-0.1, -0.05) is 0 Å². The van der Waals surface area contributed by atoms with Gasteiger partial charge in [0.05, 0.1) is 5.69 Å². The van der Waals surface area contributed by atoms with Crippen LogP contribution in [0.1, 0.15) is 10.4 Å². The minimum Gasteiger partial charge on any atom is -0.330 e. The lowest BCUT2D eigenvalue weighted by atomic mass is 10.2. The highest BCUT2D eigenvalue weighted by Gasteiger charge is 2.09. The number of carbonyl (C=O) groups is 1. The molecule has 0 aliphatic heterocycles. The van der Waals surface area contributed by atoms with Crippen LogP contribution >= 0.6 is 57.4 Å². The lowest BCUT2D eigenvalue weighted by molar-refractivity contribution is 0.0977. The molecule has 2 aromatic rings. The zero-order chi connectivity index (χ0) is 15.4. The number of benzene rings is 2. The Bertz CT molecular complexity index is 692. The van der Waals surface area contributed by atoms with Gasteiger partial charge in [0.2, 0.25) is 0 Å². The molecule has 0 heterocycles. The summed E-state index contributed by atoms with van der Waals surface area (Å²) in [5.74, 6) is -0.761. The second kappa shape index (κ2) is 7.45. The van der Waals surface area contributed by atoms with E-state index in [2.05, 4.69) is 33.2 Å². The van der Waals surface area contributed by atoms with E-state index in [9.17, 15) is 9.18 Å². The molecule has 0 aromatic heterocycles. The van der Waals surface area contributed by atoms with Crippen molar-refractivity contribution >= 4 is 74.1 Å². The number of amides is 1. The standard InChI is InChI=1S/C14H9FI2N2OS/c15-11-7-10(17)5-6-12(11)18-14(21)19-13(20)8-1-3-9(16)4-2-8/h1-7H,(H2,18,19,20,21). The maximum atomic E-state index is 13.7. The first-order chi connectivity index (χ1) is 9.95. The smallest absolute Gasteiger partial charge is 0.257 e. The van der Waals surface area contributed by atoms with Crippen molar-refractivity contribution in [3.05, 3.63) is 61.0 Å². The quantitative estimate of drug-likeness (QED) is 0.457. The maximum absolute atomic E-state index is 13.7. The Balaban J connectivity index is 2.01. The van der Waals surface area contributed by atoms with Crippen LogP contribution in [-0.2, 0) is 0 Å². The SMILES string of the molecule is O=C(NC(=S)Nc1ccc(I)cc1F)c1ccc(I)cc1. The molecule has 0 saturated carbocycles. The zero-order valence-corrected chi connectivity index (χ0v) is 15.6. The van der Waals surface area contributed by atoms with Crippen molar-refractivity contribution in [2.75, 3.05) is 5.32 Å². The predicted octanol–water partition coefficient (Wildman–Crippen LogP) is 4.16. The third-order valence-corrected chi connectivity index (χ3v) is 4.11. The molecular formula is C14H9FI2N2OS. The van der Waals surface area contributed by atoms with E-state index in [1.54, 1.807) is 24.3 Å². The summed E-state index contributed by atoms with van der Waals surface area (Å²) in [6.07, 6.45) is 0. The van der Waals surface area contributed by atoms with Crippen LogP contribution in [0.25, 0.3) is 0 Å². The summed E-state index contributed by atoms with van der Waals surface area (Å²) >= 11 is 9.19. The summed E-state index contributed by atoms with van der Waals surface area (Å²) in [6, 6.07) is 11.7. The highest BCUT2D eigenvalue weighted by molar-refractivity contribution is 14.1. The molecule has 0 spiro atoms. The summed E-state index contributed by atoms with van der Waals surface area (Å²) < 4.78 is 15.5. The van der Waals surface area contributed by atoms with Gasteiger partial charge in [0.25, 0.3) is 5.91 Å². The van der Waals surface area contributed by atoms with Gasteiger partial charge < -0.3 is 5.32 Å². The predicted molar refractivity (Wildman–Crippen MR) is 102 cm³/mol. The molecule has 2 aromatic carbocycles. The maximum Gasteiger partial charge on any atom is 0.257 e. The van der Waals surface area contributed by atoms with E-state index < -0.39 is 5.82 Å². The number of halogens is 3. The Morgan fingerprint density at radius 2 is 1.67 bits per heavy atom. The minimum absolute atomic E-state index is 0.0543. The van der Waals surface area contributed by atoms with Crippen LogP contribution in [0.2, 0.25) is 0 Å². The Morgan fingerprint density at radius 1 is 1.05 bits per heavy atom. The third-order valence-electron chi connectivity index (χ3n) is 2.51. The molecule has 0 aliphatic carbocycles. The van der Waals surface area contributed by atoms with E-state index in [-0.39, 0.29) is 16.7 Å². The number of carbonyl (C=O) groups excluding carboxylic acids is 1. The number of hydrogen-bond acceptors (Lipinski definition) is 2. The summed E-state index contributed by atoms with van der Waals surface area (Å²) in [5, 5.41) is 5.24. The molecule has 2 N–H and O–H groups in total. The average Bonchev–Trinajstić information content (AvgIpc) is 2.42. The first-order valence-corrected chi connectivity index (χ1v) is 8.35. The fourth-order valence-electron chi connectivity index (χ4n) is 1.52. The van der Waals surface area contributed by atoms with Crippen LogP contribution in [0, 0.1) is 13.0 Å². The lowest BCUT2D eigenvalue weighted by Crippen LogP contribution is -2.34. The van der Waals surface area contributed by atoms with E-state index >= 15 is 0 Å². The van der Waals surface area contributed by atoms with Crippen molar-refractivity contribution in [1.82, 2.24) is 5.32 Å². The van der Waals surface area contributed by atoms with E-state index in [0.717, 1.165) is 7.14 Å². The molecule has 2 rings (SSSR count). The summed E-state index contributed by atoms with van der Waals surface area (Å²) in [4.78, 5) is 12.0. The van der Waals surface area contributed by atoms with Crippen LogP contribution in [-0.4, -0.2) is 11.0 Å². The molecule has 1 amide bonds. The summed E-state index contributed by atoms with van der Waals surface area (Å²) in [7, 11) is 0. The fourth-order valence-corrected chi connectivity index (χ4v) is 2.54. The molecule has 0 unspecified atom stereocenters. The number of anilines is 1. The van der Waals surface area contributed by atoms with Crippen molar-refractivity contribution in [2.45, 2.75) is 0 Å². The number of hydrogen-bond donors (Lipinski definition) is 2. The molecule has 0 atom stereocenters. The Hall–Kier alpha value is -0.810. The molecule has 0 bridgehead atoms. The van der Waals surface area contributed by atoms with E-state index in [1.807, 2.05) is 34.7 Å². The van der Waals surface area contributed by atoms with Gasteiger partial charge in [-0.05, 0) is 99.9 Å². The zero-order valence-electron chi connectivity index (χ0n) is 10.5. The second-order valence-corrected chi connectivity index (χ2v) is 6.94. The van der Waals surface area contributed by atoms with Crippen molar-refractivity contribution in [1.29, 1.82) is 0 Å². The van der Waals surface area contributed by atoms with Crippen molar-refractivity contribution in [2.24, 2.45) is 0 Å². The molecule has 7 heteroatoms. The highest BCUT2D eigenvalue weighted by Crippen LogP contribution is 2.16. The van der Waals surface area contributed by atoms with Crippen LogP contribution in [0.4, 0.5) is 10.1 Å². The first kappa shape index (κ1) is 16.6. The van der Waals surface area contributed by atoms with Gasteiger partial charge in [-0.3, -0.25) is 10.1 Å². The van der Waals surface area contributed by atoms with Gasteiger partial charge in [-0.25, -0.2) is 4.39 Å². The normalized spacial score (nSPS) is 10.0. The molecule has 0 aliphatic rings. The number of thiocarbonyl (C=S) groups is 1. The van der Waals surface area contributed by atoms with Crippen LogP contribution in [0.5, 0.6) is 0 Å². The van der Waals surface area contributed by atoms with Crippen molar-refractivity contribution < 1.29 is 9.18 Å². The molecule has 3 nitrogen and oxygen atoms in total. The van der Waals surface area contributed by atoms with E-state index in [0.29, 0.717) is 5.56 Å². The van der Waals surface area contributed by atoms with E-state index in [1.165, 1.54) is 6.07 Å². The van der Waals surface area contributed by atoms with Gasteiger partial charge in [0, 0.05) is 12.7 Å². The molecule has 0 radical (unpaired) electrons. The molecule has 21 heavy (non-hydrogen) atoms. The molecular weight excluding hydrogens is 517 g/mol. The van der Waals surface area contributed by atoms with Crippen LogP contribution in [0.3, 0.4) is 0 Å². The monoisotopic (exact) mass is 526 g/mol. The lowest BCUT2D eigenvalue weighted by Gasteiger charge is -2.10. The molecule has 0 saturated heterocycles.